The van der Waals surface area contributed by atoms with Crippen molar-refractivity contribution in [2.75, 3.05) is 27.9 Å². The molecule has 1 saturated carbocycles. The molecule has 1 N–H and O–H groups in total. The van der Waals surface area contributed by atoms with Gasteiger partial charge in [-0.3, -0.25) is 0 Å². The maximum absolute atomic E-state index is 9.03. The monoisotopic (exact) mass is 250 g/mol. The highest BCUT2D eigenvalue weighted by Gasteiger charge is 2.28. The molecular weight excluding hydrogens is 232 g/mol. The van der Waals surface area contributed by atoms with Gasteiger partial charge in [0.2, 0.25) is 5.75 Å². The van der Waals surface area contributed by atoms with Crippen LogP contribution in [-0.2, 0) is 0 Å². The lowest BCUT2D eigenvalue weighted by molar-refractivity contribution is 0.281. The Morgan fingerprint density at radius 1 is 1.17 bits per heavy atom. The smallest absolute Gasteiger partial charge is 0.203 e. The molecular formula is C14H18O4. The molecule has 0 bridgehead atoms. The number of ether oxygens (including phenoxy) is 3. The fourth-order valence-electron chi connectivity index (χ4n) is 1.98. The molecule has 0 aliphatic heterocycles. The normalized spacial score (nSPS) is 19.8. The molecule has 4 heteroatoms. The lowest BCUT2D eigenvalue weighted by Gasteiger charge is -2.12. The quantitative estimate of drug-likeness (QED) is 0.869. The number of benzene rings is 1. The Balaban J connectivity index is 2.35. The van der Waals surface area contributed by atoms with Crippen LogP contribution in [0, 0.1) is 5.92 Å². The zero-order chi connectivity index (χ0) is 13.1. The van der Waals surface area contributed by atoms with Crippen LogP contribution in [0.1, 0.15) is 12.0 Å². The first-order valence-corrected chi connectivity index (χ1v) is 5.84. The Bertz CT molecular complexity index is 440. The molecule has 1 aromatic rings. The van der Waals surface area contributed by atoms with Crippen LogP contribution >= 0.6 is 0 Å². The van der Waals surface area contributed by atoms with Crippen LogP contribution in [0.3, 0.4) is 0 Å². The molecule has 4 nitrogen and oxygen atoms in total. The van der Waals surface area contributed by atoms with Crippen LogP contribution in [0.5, 0.6) is 17.2 Å². The lowest BCUT2D eigenvalue weighted by Crippen LogP contribution is -1.95. The van der Waals surface area contributed by atoms with Crippen LogP contribution in [0.15, 0.2) is 17.7 Å². The molecule has 1 aliphatic rings. The summed E-state index contributed by atoms with van der Waals surface area (Å²) in [6.45, 7) is 0.219. The zero-order valence-corrected chi connectivity index (χ0v) is 10.9. The first-order chi connectivity index (χ1) is 8.73. The molecule has 0 radical (unpaired) electrons. The van der Waals surface area contributed by atoms with Crippen molar-refractivity contribution < 1.29 is 19.3 Å². The van der Waals surface area contributed by atoms with E-state index < -0.39 is 0 Å². The lowest BCUT2D eigenvalue weighted by atomic mass is 10.1. The Labute approximate surface area is 107 Å². The number of rotatable bonds is 5. The van der Waals surface area contributed by atoms with Gasteiger partial charge in [0.1, 0.15) is 0 Å². The minimum Gasteiger partial charge on any atom is -0.493 e. The largest absolute Gasteiger partial charge is 0.493 e. The van der Waals surface area contributed by atoms with Gasteiger partial charge in [-0.2, -0.15) is 0 Å². The highest BCUT2D eigenvalue weighted by atomic mass is 16.5. The molecule has 18 heavy (non-hydrogen) atoms. The third-order valence-electron chi connectivity index (χ3n) is 3.11. The van der Waals surface area contributed by atoms with Crippen molar-refractivity contribution >= 4 is 6.08 Å². The maximum atomic E-state index is 9.03. The molecule has 0 saturated heterocycles. The molecule has 0 spiro atoms. The number of methoxy groups -OCH3 is 3. The molecule has 1 atom stereocenters. The van der Waals surface area contributed by atoms with E-state index in [9.17, 15) is 0 Å². The van der Waals surface area contributed by atoms with Crippen LogP contribution in [0.25, 0.3) is 6.08 Å². The van der Waals surface area contributed by atoms with E-state index in [2.05, 4.69) is 6.08 Å². The van der Waals surface area contributed by atoms with Gasteiger partial charge in [0.25, 0.3) is 0 Å². The van der Waals surface area contributed by atoms with Crippen molar-refractivity contribution in [3.05, 3.63) is 23.3 Å². The van der Waals surface area contributed by atoms with E-state index in [0.29, 0.717) is 23.2 Å². The van der Waals surface area contributed by atoms with E-state index in [1.54, 1.807) is 21.3 Å². The summed E-state index contributed by atoms with van der Waals surface area (Å²) >= 11 is 0. The summed E-state index contributed by atoms with van der Waals surface area (Å²) in [6, 6.07) is 3.81. The third-order valence-corrected chi connectivity index (χ3v) is 3.11. The van der Waals surface area contributed by atoms with Gasteiger partial charge in [-0.1, -0.05) is 11.6 Å². The molecule has 1 aliphatic carbocycles. The first-order valence-electron chi connectivity index (χ1n) is 5.84. The predicted molar refractivity (Wildman–Crippen MR) is 69.3 cm³/mol. The van der Waals surface area contributed by atoms with Gasteiger partial charge in [0.15, 0.2) is 11.5 Å². The second kappa shape index (κ2) is 5.31. The highest BCUT2D eigenvalue weighted by molar-refractivity contribution is 5.65. The van der Waals surface area contributed by atoms with Gasteiger partial charge in [-0.15, -0.1) is 0 Å². The van der Waals surface area contributed by atoms with Crippen molar-refractivity contribution in [3.8, 4) is 17.2 Å². The van der Waals surface area contributed by atoms with Crippen molar-refractivity contribution in [2.45, 2.75) is 6.42 Å². The fourth-order valence-corrected chi connectivity index (χ4v) is 1.98. The number of aliphatic hydroxyl groups is 1. The Morgan fingerprint density at radius 2 is 1.78 bits per heavy atom. The van der Waals surface area contributed by atoms with Crippen LogP contribution in [0.2, 0.25) is 0 Å². The number of hydrogen-bond donors (Lipinski definition) is 1. The van der Waals surface area contributed by atoms with E-state index in [0.717, 1.165) is 12.0 Å². The van der Waals surface area contributed by atoms with E-state index in [4.69, 9.17) is 19.3 Å². The van der Waals surface area contributed by atoms with Gasteiger partial charge in [0.05, 0.1) is 21.3 Å². The molecule has 0 heterocycles. The molecule has 1 aromatic carbocycles. The van der Waals surface area contributed by atoms with Crippen LogP contribution in [-0.4, -0.2) is 33.0 Å². The summed E-state index contributed by atoms with van der Waals surface area (Å²) in [5.41, 5.74) is 2.25. The summed E-state index contributed by atoms with van der Waals surface area (Å²) in [7, 11) is 4.78. The predicted octanol–water partition coefficient (Wildman–Crippen LogP) is 2.11. The topological polar surface area (TPSA) is 47.9 Å². The average Bonchev–Trinajstić information content (AvgIpc) is 3.15. The SMILES string of the molecule is COc1cc(C=C2CC2CO)cc(OC)c1OC. The summed E-state index contributed by atoms with van der Waals surface area (Å²) < 4.78 is 15.8. The minimum absolute atomic E-state index is 0.219. The van der Waals surface area contributed by atoms with E-state index in [-0.39, 0.29) is 6.61 Å². The highest BCUT2D eigenvalue weighted by Crippen LogP contribution is 2.42. The van der Waals surface area contributed by atoms with Gasteiger partial charge in [-0.05, 0) is 24.1 Å². The summed E-state index contributed by atoms with van der Waals surface area (Å²) in [5.74, 6) is 2.20. The van der Waals surface area contributed by atoms with Crippen LogP contribution < -0.4 is 14.2 Å². The van der Waals surface area contributed by atoms with Crippen molar-refractivity contribution in [1.82, 2.24) is 0 Å². The number of aliphatic hydroxyl groups excluding tert-OH is 1. The maximum Gasteiger partial charge on any atom is 0.203 e. The average molecular weight is 250 g/mol. The summed E-state index contributed by atoms with van der Waals surface area (Å²) in [6.07, 6.45) is 3.03. The van der Waals surface area contributed by atoms with Gasteiger partial charge < -0.3 is 19.3 Å². The van der Waals surface area contributed by atoms with Crippen molar-refractivity contribution in [3.63, 3.8) is 0 Å². The van der Waals surface area contributed by atoms with Gasteiger partial charge >= 0.3 is 0 Å². The zero-order valence-electron chi connectivity index (χ0n) is 10.9. The summed E-state index contributed by atoms with van der Waals surface area (Å²) in [4.78, 5) is 0. The van der Waals surface area contributed by atoms with Crippen molar-refractivity contribution in [1.29, 1.82) is 0 Å². The molecule has 98 valence electrons. The minimum atomic E-state index is 0.219. The molecule has 1 fully saturated rings. The van der Waals surface area contributed by atoms with E-state index in [1.165, 1.54) is 5.57 Å². The Morgan fingerprint density at radius 3 is 2.17 bits per heavy atom. The first kappa shape index (κ1) is 12.8. The Hall–Kier alpha value is -1.68. The third kappa shape index (κ3) is 2.43. The molecule has 1 unspecified atom stereocenters. The van der Waals surface area contributed by atoms with Gasteiger partial charge in [0, 0.05) is 12.5 Å². The van der Waals surface area contributed by atoms with Crippen LogP contribution in [0.4, 0.5) is 0 Å². The van der Waals surface area contributed by atoms with Crippen molar-refractivity contribution in [2.24, 2.45) is 5.92 Å². The Kier molecular flexibility index (Phi) is 3.77. The molecule has 0 aromatic heterocycles. The molecule has 0 amide bonds. The fraction of sp³-hybridized carbons (Fsp3) is 0.429. The summed E-state index contributed by atoms with van der Waals surface area (Å²) in [5, 5.41) is 9.03. The number of hydrogen-bond acceptors (Lipinski definition) is 4. The van der Waals surface area contributed by atoms with Gasteiger partial charge in [-0.25, -0.2) is 0 Å². The van der Waals surface area contributed by atoms with E-state index in [1.807, 2.05) is 12.1 Å². The second-order valence-electron chi connectivity index (χ2n) is 4.26. The molecule has 2 rings (SSSR count). The second-order valence-corrected chi connectivity index (χ2v) is 4.26. The van der Waals surface area contributed by atoms with E-state index >= 15 is 0 Å². The standard InChI is InChI=1S/C14H18O4/c1-16-12-5-9(4-10-7-11(10)8-15)6-13(17-2)14(12)18-3/h4-6,11,15H,7-8H2,1-3H3.